The fraction of sp³-hybridized carbons (Fsp3) is 0.435. The van der Waals surface area contributed by atoms with Crippen LogP contribution in [0.4, 0.5) is 4.79 Å². The summed E-state index contributed by atoms with van der Waals surface area (Å²) in [4.78, 5) is 44.0. The summed E-state index contributed by atoms with van der Waals surface area (Å²) in [5, 5.41) is 3.38. The Morgan fingerprint density at radius 3 is 2.65 bits per heavy atom. The van der Waals surface area contributed by atoms with Crippen LogP contribution in [0.5, 0.6) is 0 Å². The molecule has 3 aliphatic rings. The molecule has 1 N–H and O–H groups in total. The number of likely N-dealkylation sites (tertiary alicyclic amines) is 1. The Kier molecular flexibility index (Phi) is 6.05. The summed E-state index contributed by atoms with van der Waals surface area (Å²) in [7, 11) is 0. The van der Waals surface area contributed by atoms with Crippen LogP contribution in [0.1, 0.15) is 31.4 Å². The zero-order chi connectivity index (χ0) is 22.1. The first-order valence-corrected chi connectivity index (χ1v) is 11.0. The fourth-order valence-corrected chi connectivity index (χ4v) is 4.71. The predicted molar refractivity (Wildman–Crippen MR) is 118 cm³/mol. The van der Waals surface area contributed by atoms with Crippen molar-refractivity contribution in [3.63, 3.8) is 0 Å². The monoisotopic (exact) mass is 442 g/mol. The molecule has 0 bridgehead atoms. The number of carbonyl (C=O) groups is 3. The van der Waals surface area contributed by atoms with Gasteiger partial charge in [-0.1, -0.05) is 42.8 Å². The normalized spacial score (nSPS) is 22.0. The van der Waals surface area contributed by atoms with Crippen LogP contribution in [0, 0.1) is 5.92 Å². The van der Waals surface area contributed by atoms with Crippen molar-refractivity contribution in [1.29, 1.82) is 0 Å². The Hall–Kier alpha value is -2.80. The van der Waals surface area contributed by atoms with E-state index < -0.39 is 6.04 Å². The zero-order valence-corrected chi connectivity index (χ0v) is 18.4. The SMILES string of the molecule is C=CCN1C(=O)N[C@@H](c2ccccc2Cl)C2=C1CN(CC(=O)N1CCC(C)CC1)C2=O. The van der Waals surface area contributed by atoms with Crippen LogP contribution in [0.3, 0.4) is 0 Å². The van der Waals surface area contributed by atoms with Crippen LogP contribution in [-0.2, 0) is 9.59 Å². The van der Waals surface area contributed by atoms with Gasteiger partial charge in [-0.3, -0.25) is 14.5 Å². The lowest BCUT2D eigenvalue weighted by Gasteiger charge is -2.33. The molecule has 0 spiro atoms. The number of nitrogens with one attached hydrogen (secondary N) is 1. The number of benzene rings is 1. The first kappa shape index (κ1) is 21.4. The molecule has 1 atom stereocenters. The zero-order valence-electron chi connectivity index (χ0n) is 17.6. The van der Waals surface area contributed by atoms with Gasteiger partial charge < -0.3 is 15.1 Å². The van der Waals surface area contributed by atoms with Crippen LogP contribution in [0.2, 0.25) is 5.02 Å². The van der Waals surface area contributed by atoms with E-state index in [1.165, 1.54) is 9.80 Å². The number of halogens is 1. The van der Waals surface area contributed by atoms with Crippen molar-refractivity contribution in [3.05, 3.63) is 58.8 Å². The number of hydrogen-bond donors (Lipinski definition) is 1. The molecule has 1 aromatic rings. The van der Waals surface area contributed by atoms with E-state index in [2.05, 4.69) is 18.8 Å². The van der Waals surface area contributed by atoms with Gasteiger partial charge >= 0.3 is 6.03 Å². The maximum Gasteiger partial charge on any atom is 0.322 e. The van der Waals surface area contributed by atoms with Gasteiger partial charge in [-0.15, -0.1) is 6.58 Å². The predicted octanol–water partition coefficient (Wildman–Crippen LogP) is 2.95. The van der Waals surface area contributed by atoms with Crippen LogP contribution < -0.4 is 5.32 Å². The molecule has 0 saturated carbocycles. The lowest BCUT2D eigenvalue weighted by Crippen LogP contribution is -2.47. The van der Waals surface area contributed by atoms with E-state index in [0.29, 0.717) is 27.8 Å². The highest BCUT2D eigenvalue weighted by Gasteiger charge is 2.44. The summed E-state index contributed by atoms with van der Waals surface area (Å²) in [5.74, 6) is 0.323. The summed E-state index contributed by atoms with van der Waals surface area (Å²) < 4.78 is 0. The number of urea groups is 1. The average molecular weight is 443 g/mol. The first-order valence-electron chi connectivity index (χ1n) is 10.6. The topological polar surface area (TPSA) is 73.0 Å². The number of amides is 4. The molecule has 3 heterocycles. The molecule has 7 nitrogen and oxygen atoms in total. The first-order chi connectivity index (χ1) is 14.9. The van der Waals surface area contributed by atoms with E-state index in [0.717, 1.165) is 25.9 Å². The number of hydrogen-bond acceptors (Lipinski definition) is 3. The van der Waals surface area contributed by atoms with Crippen LogP contribution >= 0.6 is 11.6 Å². The fourth-order valence-electron chi connectivity index (χ4n) is 4.46. The van der Waals surface area contributed by atoms with Gasteiger partial charge in [-0.25, -0.2) is 4.79 Å². The van der Waals surface area contributed by atoms with Gasteiger partial charge in [0.05, 0.1) is 23.9 Å². The van der Waals surface area contributed by atoms with E-state index in [9.17, 15) is 14.4 Å². The molecular weight excluding hydrogens is 416 g/mol. The Labute approximate surface area is 187 Å². The number of nitrogens with zero attached hydrogens (tertiary/aromatic N) is 3. The third-order valence-corrected chi connectivity index (χ3v) is 6.63. The average Bonchev–Trinajstić information content (AvgIpc) is 3.07. The van der Waals surface area contributed by atoms with Crippen molar-refractivity contribution in [2.45, 2.75) is 25.8 Å². The standard InChI is InChI=1S/C23H27ClN4O3/c1-3-10-28-18-13-27(14-19(29)26-11-8-15(2)9-12-26)22(30)20(18)21(25-23(28)31)16-6-4-5-7-17(16)24/h3-7,15,21H,1,8-14H2,2H3,(H,25,31)/t21-/m0/s1. The molecule has 8 heteroatoms. The van der Waals surface area contributed by atoms with Gasteiger partial charge in [0.25, 0.3) is 5.91 Å². The Bertz CT molecular complexity index is 952. The van der Waals surface area contributed by atoms with E-state index in [1.807, 2.05) is 11.0 Å². The highest BCUT2D eigenvalue weighted by molar-refractivity contribution is 6.31. The van der Waals surface area contributed by atoms with Gasteiger partial charge in [-0.2, -0.15) is 0 Å². The molecule has 3 aliphatic heterocycles. The van der Waals surface area contributed by atoms with Crippen LogP contribution in [0.15, 0.2) is 48.2 Å². The minimum Gasteiger partial charge on any atom is -0.341 e. The van der Waals surface area contributed by atoms with Crippen LogP contribution in [-0.4, -0.2) is 65.3 Å². The molecule has 0 aromatic heterocycles. The molecule has 0 unspecified atom stereocenters. The van der Waals surface area contributed by atoms with Crippen molar-refractivity contribution < 1.29 is 14.4 Å². The number of carbonyl (C=O) groups excluding carboxylic acids is 3. The molecule has 0 radical (unpaired) electrons. The second kappa shape index (κ2) is 8.75. The molecule has 1 saturated heterocycles. The second-order valence-corrected chi connectivity index (χ2v) is 8.80. The van der Waals surface area contributed by atoms with Crippen LogP contribution in [0.25, 0.3) is 0 Å². The minimum atomic E-state index is -0.652. The van der Waals surface area contributed by atoms with Crippen molar-refractivity contribution in [3.8, 4) is 0 Å². The van der Waals surface area contributed by atoms with Crippen molar-refractivity contribution >= 4 is 29.4 Å². The lowest BCUT2D eigenvalue weighted by atomic mass is 9.95. The van der Waals surface area contributed by atoms with Gasteiger partial charge in [0.1, 0.15) is 6.54 Å². The van der Waals surface area contributed by atoms with Crippen molar-refractivity contribution in [2.24, 2.45) is 5.92 Å². The molecule has 1 fully saturated rings. The van der Waals surface area contributed by atoms with Crippen molar-refractivity contribution in [1.82, 2.24) is 20.0 Å². The van der Waals surface area contributed by atoms with E-state index in [1.54, 1.807) is 24.3 Å². The molecular formula is C23H27ClN4O3. The Morgan fingerprint density at radius 1 is 1.26 bits per heavy atom. The summed E-state index contributed by atoms with van der Waals surface area (Å²) in [6.45, 7) is 7.86. The summed E-state index contributed by atoms with van der Waals surface area (Å²) >= 11 is 6.39. The number of rotatable bonds is 5. The Balaban J connectivity index is 1.60. The van der Waals surface area contributed by atoms with Gasteiger partial charge in [-0.05, 0) is 30.4 Å². The summed E-state index contributed by atoms with van der Waals surface area (Å²) in [6.07, 6.45) is 3.58. The van der Waals surface area contributed by atoms with Gasteiger partial charge in [0, 0.05) is 24.7 Å². The second-order valence-electron chi connectivity index (χ2n) is 8.39. The Morgan fingerprint density at radius 2 is 1.97 bits per heavy atom. The largest absolute Gasteiger partial charge is 0.341 e. The summed E-state index contributed by atoms with van der Waals surface area (Å²) in [5.41, 5.74) is 1.74. The quantitative estimate of drug-likeness (QED) is 0.712. The summed E-state index contributed by atoms with van der Waals surface area (Å²) in [6, 6.07) is 6.20. The minimum absolute atomic E-state index is 0.00553. The highest BCUT2D eigenvalue weighted by atomic mass is 35.5. The lowest BCUT2D eigenvalue weighted by molar-refractivity contribution is -0.138. The smallest absolute Gasteiger partial charge is 0.322 e. The maximum absolute atomic E-state index is 13.4. The van der Waals surface area contributed by atoms with E-state index in [-0.39, 0.29) is 37.5 Å². The third-order valence-electron chi connectivity index (χ3n) is 6.29. The number of piperidine rings is 1. The molecule has 0 aliphatic carbocycles. The molecule has 4 amide bonds. The molecule has 164 valence electrons. The molecule has 4 rings (SSSR count). The van der Waals surface area contributed by atoms with E-state index >= 15 is 0 Å². The van der Waals surface area contributed by atoms with Gasteiger partial charge in [0.2, 0.25) is 5.91 Å². The maximum atomic E-state index is 13.4. The van der Waals surface area contributed by atoms with Gasteiger partial charge in [0.15, 0.2) is 0 Å². The molecule has 1 aromatic carbocycles. The highest BCUT2D eigenvalue weighted by Crippen LogP contribution is 2.38. The van der Waals surface area contributed by atoms with Crippen molar-refractivity contribution in [2.75, 3.05) is 32.7 Å². The molecule has 31 heavy (non-hydrogen) atoms. The third kappa shape index (κ3) is 4.06. The van der Waals surface area contributed by atoms with E-state index in [4.69, 9.17) is 11.6 Å².